The minimum atomic E-state index is 0.756. The Balaban J connectivity index is 1.70. The second kappa shape index (κ2) is 10.8. The van der Waals surface area contributed by atoms with Crippen LogP contribution >= 0.6 is 0 Å². The number of hydrogen-bond acceptors (Lipinski definition) is 3. The molecule has 0 unspecified atom stereocenters. The lowest BCUT2D eigenvalue weighted by Crippen LogP contribution is -2.21. The maximum absolute atomic E-state index is 6.01. The van der Waals surface area contributed by atoms with Gasteiger partial charge in [-0.05, 0) is 58.1 Å². The highest BCUT2D eigenvalue weighted by atomic mass is 16.5. The maximum atomic E-state index is 6.01. The molecule has 0 fully saturated rings. The van der Waals surface area contributed by atoms with Gasteiger partial charge in [0.2, 0.25) is 0 Å². The lowest BCUT2D eigenvalue weighted by molar-refractivity contribution is 0.307. The average molecular weight is 326 g/mol. The number of hydrogen-bond donors (Lipinski definition) is 1. The van der Waals surface area contributed by atoms with E-state index in [4.69, 9.17) is 4.74 Å². The predicted molar refractivity (Wildman–Crippen MR) is 102 cm³/mol. The fourth-order valence-corrected chi connectivity index (χ4v) is 2.64. The van der Waals surface area contributed by atoms with Crippen LogP contribution < -0.4 is 10.1 Å². The molecule has 24 heavy (non-hydrogen) atoms. The molecule has 0 atom stereocenters. The standard InChI is InChI=1S/C21H30N2O/c1-23(2)16-9-15-22-18-20-13-6-7-14-21(20)24-17-8-12-19-10-4-3-5-11-19/h3-7,10-11,13-14,22H,8-9,12,15-18H2,1-2H3. The zero-order chi connectivity index (χ0) is 17.0. The predicted octanol–water partition coefficient (Wildman–Crippen LogP) is 3.74. The summed E-state index contributed by atoms with van der Waals surface area (Å²) in [6, 6.07) is 18.9. The third-order valence-corrected chi connectivity index (χ3v) is 3.96. The van der Waals surface area contributed by atoms with Crippen molar-refractivity contribution in [3.63, 3.8) is 0 Å². The van der Waals surface area contributed by atoms with Crippen LogP contribution in [0.4, 0.5) is 0 Å². The second-order valence-corrected chi connectivity index (χ2v) is 6.38. The van der Waals surface area contributed by atoms with Gasteiger partial charge in [-0.2, -0.15) is 0 Å². The molecule has 0 aliphatic carbocycles. The van der Waals surface area contributed by atoms with Crippen LogP contribution in [0.25, 0.3) is 0 Å². The van der Waals surface area contributed by atoms with E-state index in [9.17, 15) is 0 Å². The van der Waals surface area contributed by atoms with Gasteiger partial charge in [0.25, 0.3) is 0 Å². The van der Waals surface area contributed by atoms with Gasteiger partial charge in [-0.15, -0.1) is 0 Å². The second-order valence-electron chi connectivity index (χ2n) is 6.38. The van der Waals surface area contributed by atoms with Crippen molar-refractivity contribution >= 4 is 0 Å². The zero-order valence-electron chi connectivity index (χ0n) is 15.0. The van der Waals surface area contributed by atoms with Gasteiger partial charge in [0.15, 0.2) is 0 Å². The molecule has 0 spiro atoms. The highest BCUT2D eigenvalue weighted by Gasteiger charge is 2.03. The molecule has 0 heterocycles. The number of benzene rings is 2. The van der Waals surface area contributed by atoms with Crippen LogP contribution in [0.3, 0.4) is 0 Å². The Morgan fingerprint density at radius 3 is 2.46 bits per heavy atom. The monoisotopic (exact) mass is 326 g/mol. The van der Waals surface area contributed by atoms with Crippen molar-refractivity contribution in [1.82, 2.24) is 10.2 Å². The molecule has 0 radical (unpaired) electrons. The van der Waals surface area contributed by atoms with Gasteiger partial charge in [-0.1, -0.05) is 48.5 Å². The number of para-hydroxylation sites is 1. The molecule has 0 saturated carbocycles. The van der Waals surface area contributed by atoms with Crippen molar-refractivity contribution in [2.45, 2.75) is 25.8 Å². The number of rotatable bonds is 11. The van der Waals surface area contributed by atoms with Gasteiger partial charge in [0.1, 0.15) is 5.75 Å². The van der Waals surface area contributed by atoms with E-state index in [0.717, 1.165) is 51.3 Å². The summed E-state index contributed by atoms with van der Waals surface area (Å²) >= 11 is 0. The molecule has 0 saturated heterocycles. The van der Waals surface area contributed by atoms with Crippen molar-refractivity contribution in [2.24, 2.45) is 0 Å². The topological polar surface area (TPSA) is 24.5 Å². The number of nitrogens with zero attached hydrogens (tertiary/aromatic N) is 1. The Labute approximate surface area is 146 Å². The quantitative estimate of drug-likeness (QED) is 0.637. The first-order valence-corrected chi connectivity index (χ1v) is 8.86. The normalized spacial score (nSPS) is 11.0. The summed E-state index contributed by atoms with van der Waals surface area (Å²) in [5.74, 6) is 1.01. The van der Waals surface area contributed by atoms with E-state index in [-0.39, 0.29) is 0 Å². The molecular weight excluding hydrogens is 296 g/mol. The van der Waals surface area contributed by atoms with Crippen molar-refractivity contribution in [2.75, 3.05) is 33.8 Å². The zero-order valence-corrected chi connectivity index (χ0v) is 15.0. The lowest BCUT2D eigenvalue weighted by atomic mass is 10.1. The Hall–Kier alpha value is -1.84. The first-order chi connectivity index (χ1) is 11.8. The van der Waals surface area contributed by atoms with Crippen molar-refractivity contribution in [1.29, 1.82) is 0 Å². The molecule has 3 heteroatoms. The highest BCUT2D eigenvalue weighted by molar-refractivity contribution is 5.33. The van der Waals surface area contributed by atoms with Gasteiger partial charge in [-0.25, -0.2) is 0 Å². The summed E-state index contributed by atoms with van der Waals surface area (Å²) in [6.07, 6.45) is 3.26. The fourth-order valence-electron chi connectivity index (χ4n) is 2.64. The Kier molecular flexibility index (Phi) is 8.36. The minimum absolute atomic E-state index is 0.756. The van der Waals surface area contributed by atoms with Gasteiger partial charge in [0, 0.05) is 12.1 Å². The van der Waals surface area contributed by atoms with E-state index in [2.05, 4.69) is 72.8 Å². The molecule has 3 nitrogen and oxygen atoms in total. The summed E-state index contributed by atoms with van der Waals surface area (Å²) in [5.41, 5.74) is 2.61. The third-order valence-electron chi connectivity index (χ3n) is 3.96. The third kappa shape index (κ3) is 7.16. The molecular formula is C21H30N2O. The molecule has 0 aromatic heterocycles. The number of aryl methyl sites for hydroxylation is 1. The van der Waals surface area contributed by atoms with E-state index in [0.29, 0.717) is 0 Å². The Morgan fingerprint density at radius 2 is 1.67 bits per heavy atom. The van der Waals surface area contributed by atoms with E-state index in [1.165, 1.54) is 11.1 Å². The molecule has 0 aliphatic rings. The van der Waals surface area contributed by atoms with E-state index >= 15 is 0 Å². The number of nitrogens with one attached hydrogen (secondary N) is 1. The molecule has 2 aromatic carbocycles. The summed E-state index contributed by atoms with van der Waals surface area (Å²) in [4.78, 5) is 2.21. The van der Waals surface area contributed by atoms with Crippen LogP contribution in [0.15, 0.2) is 54.6 Å². The molecule has 2 rings (SSSR count). The average Bonchev–Trinajstić information content (AvgIpc) is 2.60. The van der Waals surface area contributed by atoms with Crippen LogP contribution in [0, 0.1) is 0 Å². The van der Waals surface area contributed by atoms with Crippen LogP contribution in [0.1, 0.15) is 24.0 Å². The van der Waals surface area contributed by atoms with E-state index < -0.39 is 0 Å². The molecule has 2 aromatic rings. The molecule has 0 aliphatic heterocycles. The van der Waals surface area contributed by atoms with Crippen LogP contribution in [0.5, 0.6) is 5.75 Å². The van der Waals surface area contributed by atoms with Gasteiger partial charge < -0.3 is 15.0 Å². The molecule has 0 bridgehead atoms. The van der Waals surface area contributed by atoms with E-state index in [1.807, 2.05) is 6.07 Å². The van der Waals surface area contributed by atoms with E-state index in [1.54, 1.807) is 0 Å². The minimum Gasteiger partial charge on any atom is -0.493 e. The van der Waals surface area contributed by atoms with Gasteiger partial charge in [0.05, 0.1) is 6.61 Å². The molecule has 0 amide bonds. The van der Waals surface area contributed by atoms with Crippen LogP contribution in [-0.4, -0.2) is 38.7 Å². The first kappa shape index (κ1) is 18.5. The first-order valence-electron chi connectivity index (χ1n) is 8.86. The molecule has 1 N–H and O–H groups in total. The van der Waals surface area contributed by atoms with Crippen molar-refractivity contribution in [3.8, 4) is 5.75 Å². The molecule has 130 valence electrons. The smallest absolute Gasteiger partial charge is 0.123 e. The van der Waals surface area contributed by atoms with Gasteiger partial charge in [-0.3, -0.25) is 0 Å². The summed E-state index contributed by atoms with van der Waals surface area (Å²) < 4.78 is 6.01. The van der Waals surface area contributed by atoms with Crippen molar-refractivity contribution in [3.05, 3.63) is 65.7 Å². The van der Waals surface area contributed by atoms with Crippen molar-refractivity contribution < 1.29 is 4.74 Å². The Morgan fingerprint density at radius 1 is 0.917 bits per heavy atom. The number of ether oxygens (including phenoxy) is 1. The lowest BCUT2D eigenvalue weighted by Gasteiger charge is -2.13. The summed E-state index contributed by atoms with van der Waals surface area (Å²) in [7, 11) is 4.22. The largest absolute Gasteiger partial charge is 0.493 e. The SMILES string of the molecule is CN(C)CCCNCc1ccccc1OCCCc1ccccc1. The van der Waals surface area contributed by atoms with Crippen LogP contribution in [0.2, 0.25) is 0 Å². The van der Waals surface area contributed by atoms with Gasteiger partial charge >= 0.3 is 0 Å². The summed E-state index contributed by atoms with van der Waals surface area (Å²) in [6.45, 7) is 3.76. The maximum Gasteiger partial charge on any atom is 0.123 e. The highest BCUT2D eigenvalue weighted by Crippen LogP contribution is 2.18. The fraction of sp³-hybridized carbons (Fsp3) is 0.429. The Bertz CT molecular complexity index is 569. The van der Waals surface area contributed by atoms with Crippen LogP contribution in [-0.2, 0) is 13.0 Å². The summed E-state index contributed by atoms with van der Waals surface area (Å²) in [5, 5.41) is 3.51.